The van der Waals surface area contributed by atoms with Crippen molar-refractivity contribution >= 4 is 56.7 Å². The van der Waals surface area contributed by atoms with Crippen molar-refractivity contribution in [3.8, 4) is 0 Å². The fourth-order valence-corrected chi connectivity index (χ4v) is 6.80. The van der Waals surface area contributed by atoms with Crippen LogP contribution < -0.4 is 5.32 Å². The van der Waals surface area contributed by atoms with E-state index < -0.39 is 0 Å². The predicted molar refractivity (Wildman–Crippen MR) is 160 cm³/mol. The predicted octanol–water partition coefficient (Wildman–Crippen LogP) is 8.59. The Labute approximate surface area is 231 Å². The first-order valence-electron chi connectivity index (χ1n) is 13.0. The number of amides is 1. The Balaban J connectivity index is 1.40. The summed E-state index contributed by atoms with van der Waals surface area (Å²) in [4.78, 5) is 19.8. The zero-order valence-corrected chi connectivity index (χ0v) is 22.8. The number of fused-ring (bicyclic) bond motifs is 2. The molecule has 3 aromatic carbocycles. The maximum atomic E-state index is 13.5. The highest BCUT2D eigenvalue weighted by molar-refractivity contribution is 7.16. The van der Waals surface area contributed by atoms with Crippen molar-refractivity contribution in [3.05, 3.63) is 117 Å². The minimum absolute atomic E-state index is 0.0807. The lowest BCUT2D eigenvalue weighted by molar-refractivity contribution is 0.102. The third-order valence-corrected chi connectivity index (χ3v) is 8.67. The number of carbonyl (C=O) groups is 1. The fourth-order valence-electron chi connectivity index (χ4n) is 5.36. The molecule has 0 radical (unpaired) electrons. The van der Waals surface area contributed by atoms with Gasteiger partial charge >= 0.3 is 0 Å². The molecule has 2 heterocycles. The summed E-state index contributed by atoms with van der Waals surface area (Å²) in [5.41, 5.74) is 7.19. The van der Waals surface area contributed by atoms with E-state index >= 15 is 0 Å². The quantitative estimate of drug-likeness (QED) is 0.216. The van der Waals surface area contributed by atoms with Gasteiger partial charge in [-0.15, -0.1) is 11.3 Å². The Morgan fingerprint density at radius 3 is 2.66 bits per heavy atom. The van der Waals surface area contributed by atoms with Crippen LogP contribution >= 0.6 is 22.9 Å². The summed E-state index contributed by atoms with van der Waals surface area (Å²) in [6.07, 6.45) is 6.15. The Morgan fingerprint density at radius 1 is 1.03 bits per heavy atom. The van der Waals surface area contributed by atoms with E-state index in [0.29, 0.717) is 0 Å². The number of aryl methyl sites for hydroxylation is 1. The first-order chi connectivity index (χ1) is 18.6. The third-order valence-electron chi connectivity index (χ3n) is 7.23. The highest BCUT2D eigenvalue weighted by Crippen LogP contribution is 2.40. The van der Waals surface area contributed by atoms with Crippen molar-refractivity contribution in [3.63, 3.8) is 0 Å². The number of rotatable bonds is 6. The number of carbonyl (C=O) groups excluding carboxylic acids is 1. The lowest BCUT2D eigenvalue weighted by atomic mass is 9.95. The van der Waals surface area contributed by atoms with E-state index in [1.807, 2.05) is 54.7 Å². The van der Waals surface area contributed by atoms with Crippen LogP contribution in [0.25, 0.3) is 10.9 Å². The highest BCUT2D eigenvalue weighted by Gasteiger charge is 2.25. The molecule has 0 atom stereocenters. The molecule has 1 amide bonds. The zero-order valence-electron chi connectivity index (χ0n) is 21.2. The van der Waals surface area contributed by atoms with Crippen LogP contribution in [0.5, 0.6) is 0 Å². The Bertz CT molecular complexity index is 1670. The van der Waals surface area contributed by atoms with Gasteiger partial charge < -0.3 is 9.88 Å². The summed E-state index contributed by atoms with van der Waals surface area (Å²) < 4.78 is 2.31. The van der Waals surface area contributed by atoms with Crippen LogP contribution in [0.3, 0.4) is 0 Å². The van der Waals surface area contributed by atoms with Gasteiger partial charge in [-0.2, -0.15) is 0 Å². The fraction of sp³-hybridized carbons (Fsp3) is 0.188. The molecule has 0 saturated carbocycles. The SMILES string of the molecule is Cc1c(C=Nc2sc3c(c2C(=O)Nc2ccccc2)CCCC3)c2ccccc2n1Cc1cccc(Cl)c1. The molecule has 2 aromatic heterocycles. The van der Waals surface area contributed by atoms with Crippen molar-refractivity contribution in [2.75, 3.05) is 5.32 Å². The molecule has 0 spiro atoms. The van der Waals surface area contributed by atoms with Gasteiger partial charge in [0.25, 0.3) is 5.91 Å². The first kappa shape index (κ1) is 24.7. The second kappa shape index (κ2) is 10.6. The lowest BCUT2D eigenvalue weighted by Gasteiger charge is -2.12. The summed E-state index contributed by atoms with van der Waals surface area (Å²) in [5, 5.41) is 5.76. The molecule has 38 heavy (non-hydrogen) atoms. The molecule has 190 valence electrons. The molecular formula is C32H28ClN3OS. The highest BCUT2D eigenvalue weighted by atomic mass is 35.5. The molecule has 0 aliphatic heterocycles. The molecule has 0 bridgehead atoms. The van der Waals surface area contributed by atoms with Gasteiger partial charge in [0, 0.05) is 50.5 Å². The first-order valence-corrected chi connectivity index (χ1v) is 14.1. The number of anilines is 1. The van der Waals surface area contributed by atoms with E-state index in [2.05, 4.69) is 47.1 Å². The van der Waals surface area contributed by atoms with Gasteiger partial charge in [-0.25, -0.2) is 4.99 Å². The summed E-state index contributed by atoms with van der Waals surface area (Å²) in [7, 11) is 0. The van der Waals surface area contributed by atoms with Gasteiger partial charge in [0.1, 0.15) is 5.00 Å². The summed E-state index contributed by atoms with van der Waals surface area (Å²) in [6.45, 7) is 2.85. The minimum atomic E-state index is -0.0807. The van der Waals surface area contributed by atoms with E-state index in [0.717, 1.165) is 81.2 Å². The molecule has 1 aliphatic rings. The topological polar surface area (TPSA) is 46.4 Å². The van der Waals surface area contributed by atoms with Crippen molar-refractivity contribution in [2.45, 2.75) is 39.2 Å². The number of nitrogens with one attached hydrogen (secondary N) is 1. The van der Waals surface area contributed by atoms with Gasteiger partial charge in [0.05, 0.1) is 5.56 Å². The maximum Gasteiger partial charge on any atom is 0.259 e. The van der Waals surface area contributed by atoms with Crippen LogP contribution in [0.2, 0.25) is 5.02 Å². The summed E-state index contributed by atoms with van der Waals surface area (Å²) >= 11 is 7.93. The molecule has 0 fully saturated rings. The van der Waals surface area contributed by atoms with Crippen molar-refractivity contribution < 1.29 is 4.79 Å². The smallest absolute Gasteiger partial charge is 0.259 e. The largest absolute Gasteiger partial charge is 0.340 e. The van der Waals surface area contributed by atoms with Gasteiger partial charge in [0.15, 0.2) is 0 Å². The number of aliphatic imine (C=N–C) groups is 1. The van der Waals surface area contributed by atoms with Crippen LogP contribution in [0, 0.1) is 6.92 Å². The van der Waals surface area contributed by atoms with Crippen molar-refractivity contribution in [1.82, 2.24) is 4.57 Å². The van der Waals surface area contributed by atoms with Crippen molar-refractivity contribution in [1.29, 1.82) is 0 Å². The van der Waals surface area contributed by atoms with Gasteiger partial charge in [0.2, 0.25) is 0 Å². The number of halogens is 1. The van der Waals surface area contributed by atoms with Crippen LogP contribution in [0.4, 0.5) is 10.7 Å². The molecular weight excluding hydrogens is 510 g/mol. The number of nitrogens with zero attached hydrogens (tertiary/aromatic N) is 2. The third kappa shape index (κ3) is 4.80. The number of thiophene rings is 1. The Hall–Kier alpha value is -3.67. The number of benzene rings is 3. The number of hydrogen-bond acceptors (Lipinski definition) is 3. The van der Waals surface area contributed by atoms with E-state index in [4.69, 9.17) is 16.6 Å². The molecule has 1 aliphatic carbocycles. The average Bonchev–Trinajstić information content (AvgIpc) is 3.43. The van der Waals surface area contributed by atoms with Gasteiger partial charge in [-0.3, -0.25) is 4.79 Å². The van der Waals surface area contributed by atoms with Crippen molar-refractivity contribution in [2.24, 2.45) is 4.99 Å². The Morgan fingerprint density at radius 2 is 1.82 bits per heavy atom. The average molecular weight is 538 g/mol. The van der Waals surface area contributed by atoms with Gasteiger partial charge in [-0.05, 0) is 74.1 Å². The van der Waals surface area contributed by atoms with Crippen LogP contribution in [-0.4, -0.2) is 16.7 Å². The molecule has 4 nitrogen and oxygen atoms in total. The Kier molecular flexibility index (Phi) is 6.88. The molecule has 5 aromatic rings. The van der Waals surface area contributed by atoms with E-state index in [-0.39, 0.29) is 5.91 Å². The van der Waals surface area contributed by atoms with Crippen LogP contribution in [0.15, 0.2) is 83.9 Å². The van der Waals surface area contributed by atoms with Gasteiger partial charge in [-0.1, -0.05) is 60.1 Å². The molecule has 0 unspecified atom stereocenters. The summed E-state index contributed by atoms with van der Waals surface area (Å²) in [6, 6.07) is 26.0. The number of aromatic nitrogens is 1. The van der Waals surface area contributed by atoms with Crippen LogP contribution in [-0.2, 0) is 19.4 Å². The lowest BCUT2D eigenvalue weighted by Crippen LogP contribution is -2.14. The standard InChI is InChI=1S/C32H28ClN3OS/c1-21-27(25-14-5-7-16-28(25)36(21)20-22-10-9-11-23(33)18-22)19-34-32-30(26-15-6-8-17-29(26)38-32)31(37)35-24-12-3-2-4-13-24/h2-5,7,9-14,16,18-19H,6,8,15,17,20H2,1H3,(H,35,37). The normalized spacial score (nSPS) is 13.2. The van der Waals surface area contributed by atoms with E-state index in [1.54, 1.807) is 11.3 Å². The maximum absolute atomic E-state index is 13.5. The minimum Gasteiger partial charge on any atom is -0.340 e. The monoisotopic (exact) mass is 537 g/mol. The second-order valence-corrected chi connectivity index (χ2v) is 11.2. The second-order valence-electron chi connectivity index (χ2n) is 9.70. The molecule has 6 heteroatoms. The molecule has 6 rings (SSSR count). The number of para-hydroxylation sites is 2. The van der Waals surface area contributed by atoms with Crippen LogP contribution in [0.1, 0.15) is 50.5 Å². The number of hydrogen-bond donors (Lipinski definition) is 1. The zero-order chi connectivity index (χ0) is 26.1. The van der Waals surface area contributed by atoms with E-state index in [1.165, 1.54) is 10.4 Å². The summed E-state index contributed by atoms with van der Waals surface area (Å²) in [5.74, 6) is -0.0807. The van der Waals surface area contributed by atoms with E-state index in [9.17, 15) is 4.79 Å². The molecule has 0 saturated heterocycles. The molecule has 1 N–H and O–H groups in total.